The van der Waals surface area contributed by atoms with Gasteiger partial charge in [-0.15, -0.1) is 0 Å². The first-order valence-electron chi connectivity index (χ1n) is 40.0. The van der Waals surface area contributed by atoms with Gasteiger partial charge in [0.1, 0.15) is 19.3 Å². The fraction of sp³-hybridized carbons (Fsp3) is 0.948. The molecule has 0 aliphatic carbocycles. The molecule has 0 aromatic rings. The van der Waals surface area contributed by atoms with E-state index in [2.05, 4.69) is 41.5 Å². The lowest BCUT2D eigenvalue weighted by Crippen LogP contribution is -2.30. The zero-order chi connectivity index (χ0) is 70.7. The van der Waals surface area contributed by atoms with Crippen LogP contribution in [0, 0.1) is 11.8 Å². The van der Waals surface area contributed by atoms with Crippen LogP contribution in [0.2, 0.25) is 0 Å². The van der Waals surface area contributed by atoms with E-state index in [1.807, 2.05) is 0 Å². The molecule has 3 N–H and O–H groups in total. The van der Waals surface area contributed by atoms with Crippen LogP contribution in [0.1, 0.15) is 401 Å². The number of esters is 4. The molecule has 0 saturated carbocycles. The first-order chi connectivity index (χ1) is 46.4. The summed E-state index contributed by atoms with van der Waals surface area (Å²) in [6.45, 7) is 9.53. The van der Waals surface area contributed by atoms with Crippen LogP contribution in [0.3, 0.4) is 0 Å². The molecule has 5 atom stereocenters. The SMILES string of the molecule is CCCCCCCCCCCCCCCCCCCCCC(=O)O[C@H](COC(=O)CCCCCCCCCCCCCCCCC)COP(=O)(O)OC[C@@H](O)COP(=O)(O)OC[C@@H](COC(=O)CCCCCCCCCCC(C)C)OC(=O)CCCCCCCCCCC(C)C. The number of aliphatic hydroxyl groups excluding tert-OH is 1. The average molecular weight is 1410 g/mol. The van der Waals surface area contributed by atoms with Crippen LogP contribution in [-0.2, 0) is 65.4 Å². The van der Waals surface area contributed by atoms with Crippen molar-refractivity contribution in [2.24, 2.45) is 11.8 Å². The van der Waals surface area contributed by atoms with E-state index >= 15 is 0 Å². The van der Waals surface area contributed by atoms with Crippen molar-refractivity contribution in [1.29, 1.82) is 0 Å². The third kappa shape index (κ3) is 70.5. The van der Waals surface area contributed by atoms with Crippen molar-refractivity contribution < 1.29 is 80.2 Å². The lowest BCUT2D eigenvalue weighted by molar-refractivity contribution is -0.161. The minimum Gasteiger partial charge on any atom is -0.462 e. The smallest absolute Gasteiger partial charge is 0.462 e. The first-order valence-corrected chi connectivity index (χ1v) is 43.0. The lowest BCUT2D eigenvalue weighted by Gasteiger charge is -2.21. The van der Waals surface area contributed by atoms with Crippen LogP contribution in [0.15, 0.2) is 0 Å². The van der Waals surface area contributed by atoms with Crippen molar-refractivity contribution in [2.45, 2.75) is 419 Å². The number of hydrogen-bond acceptors (Lipinski definition) is 15. The predicted octanol–water partition coefficient (Wildman–Crippen LogP) is 22.7. The maximum Gasteiger partial charge on any atom is 0.472 e. The Hall–Kier alpha value is -1.94. The molecule has 0 bridgehead atoms. The molecule has 0 rings (SSSR count). The van der Waals surface area contributed by atoms with E-state index in [-0.39, 0.29) is 25.7 Å². The molecule has 0 saturated heterocycles. The molecular formula is C77H150O17P2. The molecule has 19 heteroatoms. The van der Waals surface area contributed by atoms with Gasteiger partial charge in [-0.25, -0.2) is 9.13 Å². The second-order valence-electron chi connectivity index (χ2n) is 28.7. The Bertz CT molecular complexity index is 1860. The fourth-order valence-corrected chi connectivity index (χ4v) is 13.4. The summed E-state index contributed by atoms with van der Waals surface area (Å²) >= 11 is 0. The van der Waals surface area contributed by atoms with Crippen molar-refractivity contribution in [2.75, 3.05) is 39.6 Å². The van der Waals surface area contributed by atoms with Gasteiger partial charge in [0.05, 0.1) is 26.4 Å². The van der Waals surface area contributed by atoms with Crippen LogP contribution < -0.4 is 0 Å². The molecule has 0 aromatic heterocycles. The van der Waals surface area contributed by atoms with E-state index in [0.717, 1.165) is 102 Å². The number of rotatable bonds is 76. The molecule has 0 heterocycles. The summed E-state index contributed by atoms with van der Waals surface area (Å²) in [6, 6.07) is 0. The topological polar surface area (TPSA) is 237 Å². The van der Waals surface area contributed by atoms with Gasteiger partial charge in [0.2, 0.25) is 0 Å². The molecule has 570 valence electrons. The average Bonchev–Trinajstić information content (AvgIpc) is 1.09. The number of phosphoric acid groups is 2. The van der Waals surface area contributed by atoms with Gasteiger partial charge < -0.3 is 33.8 Å². The van der Waals surface area contributed by atoms with Gasteiger partial charge in [0.25, 0.3) is 0 Å². The van der Waals surface area contributed by atoms with Gasteiger partial charge in [-0.1, -0.05) is 350 Å². The van der Waals surface area contributed by atoms with E-state index in [9.17, 15) is 43.2 Å². The highest BCUT2D eigenvalue weighted by molar-refractivity contribution is 7.47. The summed E-state index contributed by atoms with van der Waals surface area (Å²) in [5.74, 6) is -0.671. The second-order valence-corrected chi connectivity index (χ2v) is 31.6. The number of unbranched alkanes of at least 4 members (excludes halogenated alkanes) is 46. The minimum absolute atomic E-state index is 0.104. The van der Waals surface area contributed by atoms with Gasteiger partial charge >= 0.3 is 39.5 Å². The van der Waals surface area contributed by atoms with E-state index in [0.29, 0.717) is 25.7 Å². The maximum atomic E-state index is 13.1. The van der Waals surface area contributed by atoms with Crippen LogP contribution in [-0.4, -0.2) is 96.7 Å². The first kappa shape index (κ1) is 94.1. The van der Waals surface area contributed by atoms with Crippen LogP contribution in [0.25, 0.3) is 0 Å². The molecule has 17 nitrogen and oxygen atoms in total. The zero-order valence-electron chi connectivity index (χ0n) is 62.7. The Kier molecular flexibility index (Phi) is 67.4. The Morgan fingerprint density at radius 2 is 0.479 bits per heavy atom. The van der Waals surface area contributed by atoms with Gasteiger partial charge in [-0.2, -0.15) is 0 Å². The highest BCUT2D eigenvalue weighted by Crippen LogP contribution is 2.45. The monoisotopic (exact) mass is 1410 g/mol. The molecule has 0 amide bonds. The van der Waals surface area contributed by atoms with Gasteiger partial charge in [-0.05, 0) is 37.5 Å². The van der Waals surface area contributed by atoms with Gasteiger partial charge in [0.15, 0.2) is 12.2 Å². The molecular weight excluding hydrogens is 1260 g/mol. The molecule has 96 heavy (non-hydrogen) atoms. The molecule has 0 spiro atoms. The Morgan fingerprint density at radius 3 is 0.708 bits per heavy atom. The van der Waals surface area contributed by atoms with Crippen molar-refractivity contribution in [3.05, 3.63) is 0 Å². The number of carbonyl (C=O) groups is 4. The quantitative estimate of drug-likeness (QED) is 0.0222. The molecule has 0 aliphatic rings. The number of phosphoric ester groups is 2. The van der Waals surface area contributed by atoms with Crippen molar-refractivity contribution in [3.63, 3.8) is 0 Å². The largest absolute Gasteiger partial charge is 0.472 e. The molecule has 0 aliphatic heterocycles. The minimum atomic E-state index is -4.96. The van der Waals surface area contributed by atoms with Crippen molar-refractivity contribution >= 4 is 39.5 Å². The normalized spacial score (nSPS) is 14.0. The summed E-state index contributed by atoms with van der Waals surface area (Å²) in [4.78, 5) is 72.8. The lowest BCUT2D eigenvalue weighted by atomic mass is 10.0. The highest BCUT2D eigenvalue weighted by Gasteiger charge is 2.30. The summed E-state index contributed by atoms with van der Waals surface area (Å²) in [7, 11) is -9.91. The van der Waals surface area contributed by atoms with Gasteiger partial charge in [0, 0.05) is 25.7 Å². The number of aliphatic hydroxyl groups is 1. The molecule has 0 fully saturated rings. The summed E-state index contributed by atoms with van der Waals surface area (Å²) in [5.41, 5.74) is 0. The third-order valence-electron chi connectivity index (χ3n) is 18.0. The van der Waals surface area contributed by atoms with E-state index in [1.165, 1.54) is 218 Å². The highest BCUT2D eigenvalue weighted by atomic mass is 31.2. The zero-order valence-corrected chi connectivity index (χ0v) is 64.5. The summed E-state index contributed by atoms with van der Waals surface area (Å²) < 4.78 is 68.5. The van der Waals surface area contributed by atoms with Crippen LogP contribution in [0.4, 0.5) is 0 Å². The fourth-order valence-electron chi connectivity index (χ4n) is 11.8. The standard InChI is InChI=1S/C77H150O17P2/c1-7-9-11-13-15-17-19-21-23-24-25-26-28-30-32-34-43-49-55-61-76(81)93-72(65-87-74(79)59-53-47-41-33-31-29-27-22-20-18-16-14-12-10-8-2)67-91-95(83,84)89-63-71(78)64-90-96(85,86)92-68-73(94-77(82)62-56-50-44-38-36-40-46-52-58-70(5)6)66-88-75(80)60-54-48-42-37-35-39-45-51-57-69(3)4/h69-73,78H,7-68H2,1-6H3,(H,83,84)(H,85,86)/t71-,72-,73-/m1/s1. The Morgan fingerprint density at radius 1 is 0.281 bits per heavy atom. The predicted molar refractivity (Wildman–Crippen MR) is 391 cm³/mol. The van der Waals surface area contributed by atoms with Crippen LogP contribution >= 0.6 is 15.6 Å². The second kappa shape index (κ2) is 68.8. The van der Waals surface area contributed by atoms with E-state index < -0.39 is 97.5 Å². The van der Waals surface area contributed by atoms with Gasteiger partial charge in [-0.3, -0.25) is 37.3 Å². The maximum absolute atomic E-state index is 13.1. The molecule has 0 radical (unpaired) electrons. The van der Waals surface area contributed by atoms with Crippen molar-refractivity contribution in [3.8, 4) is 0 Å². The van der Waals surface area contributed by atoms with E-state index in [4.69, 9.17) is 37.0 Å². The Balaban J connectivity index is 5.23. The van der Waals surface area contributed by atoms with E-state index in [1.54, 1.807) is 0 Å². The number of carbonyl (C=O) groups excluding carboxylic acids is 4. The van der Waals surface area contributed by atoms with Crippen molar-refractivity contribution in [1.82, 2.24) is 0 Å². The summed E-state index contributed by atoms with van der Waals surface area (Å²) in [6.07, 6.45) is 57.0. The Labute approximate surface area is 588 Å². The molecule has 2 unspecified atom stereocenters. The summed E-state index contributed by atoms with van der Waals surface area (Å²) in [5, 5.41) is 10.6. The number of hydrogen-bond donors (Lipinski definition) is 3. The molecule has 0 aromatic carbocycles. The van der Waals surface area contributed by atoms with Crippen LogP contribution in [0.5, 0.6) is 0 Å². The number of ether oxygens (including phenoxy) is 4. The third-order valence-corrected chi connectivity index (χ3v) is 19.9.